The van der Waals surface area contributed by atoms with E-state index in [2.05, 4.69) is 31.3 Å². The minimum atomic E-state index is 0.556. The molecule has 1 aromatic rings. The first-order chi connectivity index (χ1) is 6.63. The fourth-order valence-electron chi connectivity index (χ4n) is 1.58. The average molecular weight is 212 g/mol. The topological polar surface area (TPSA) is 12.0 Å². The van der Waals surface area contributed by atoms with E-state index < -0.39 is 0 Å². The van der Waals surface area contributed by atoms with Crippen molar-refractivity contribution >= 4 is 11.6 Å². The van der Waals surface area contributed by atoms with Crippen LogP contribution in [0.15, 0.2) is 24.3 Å². The first-order valence-electron chi connectivity index (χ1n) is 5.06. The Labute approximate surface area is 91.5 Å². The molecular weight excluding hydrogens is 194 g/mol. The molecule has 2 unspecified atom stereocenters. The van der Waals surface area contributed by atoms with Gasteiger partial charge < -0.3 is 5.32 Å². The van der Waals surface area contributed by atoms with E-state index in [0.29, 0.717) is 12.0 Å². The monoisotopic (exact) mass is 211 g/mol. The zero-order valence-corrected chi connectivity index (χ0v) is 9.81. The highest BCUT2D eigenvalue weighted by atomic mass is 35.5. The van der Waals surface area contributed by atoms with Crippen LogP contribution in [0, 0.1) is 0 Å². The Morgan fingerprint density at radius 1 is 1.21 bits per heavy atom. The molecule has 0 aliphatic carbocycles. The fourth-order valence-corrected chi connectivity index (χ4v) is 1.70. The van der Waals surface area contributed by atoms with E-state index in [-0.39, 0.29) is 0 Å². The lowest BCUT2D eigenvalue weighted by Crippen LogP contribution is -2.22. The zero-order chi connectivity index (χ0) is 10.6. The number of benzene rings is 1. The molecule has 0 aliphatic rings. The van der Waals surface area contributed by atoms with Gasteiger partial charge in [-0.15, -0.1) is 0 Å². The lowest BCUT2D eigenvalue weighted by atomic mass is 9.95. The van der Waals surface area contributed by atoms with Crippen molar-refractivity contribution in [3.05, 3.63) is 34.9 Å². The van der Waals surface area contributed by atoms with Gasteiger partial charge in [0.2, 0.25) is 0 Å². The molecule has 0 bridgehead atoms. The largest absolute Gasteiger partial charge is 0.317 e. The summed E-state index contributed by atoms with van der Waals surface area (Å²) in [5.74, 6) is 0.578. The van der Waals surface area contributed by atoms with E-state index in [1.807, 2.05) is 19.2 Å². The van der Waals surface area contributed by atoms with E-state index in [1.165, 1.54) is 5.56 Å². The number of nitrogens with one attached hydrogen (secondary N) is 1. The van der Waals surface area contributed by atoms with E-state index in [4.69, 9.17) is 11.6 Å². The maximum absolute atomic E-state index is 5.84. The summed E-state index contributed by atoms with van der Waals surface area (Å²) >= 11 is 5.84. The van der Waals surface area contributed by atoms with Crippen LogP contribution >= 0.6 is 11.6 Å². The van der Waals surface area contributed by atoms with Gasteiger partial charge in [0.25, 0.3) is 0 Å². The third kappa shape index (κ3) is 3.32. The Morgan fingerprint density at radius 2 is 1.79 bits per heavy atom. The minimum absolute atomic E-state index is 0.556. The molecule has 0 aliphatic heterocycles. The molecule has 1 rings (SSSR count). The number of rotatable bonds is 4. The summed E-state index contributed by atoms with van der Waals surface area (Å²) in [5.41, 5.74) is 1.36. The van der Waals surface area contributed by atoms with Crippen LogP contribution in [0.4, 0.5) is 0 Å². The van der Waals surface area contributed by atoms with Gasteiger partial charge in [-0.25, -0.2) is 0 Å². The van der Waals surface area contributed by atoms with Gasteiger partial charge in [0.15, 0.2) is 0 Å². The standard InChI is InChI=1S/C12H18ClN/c1-9(8-10(2)14-3)11-4-6-12(13)7-5-11/h4-7,9-10,14H,8H2,1-3H3. The van der Waals surface area contributed by atoms with Gasteiger partial charge in [0.1, 0.15) is 0 Å². The molecule has 2 heteroatoms. The van der Waals surface area contributed by atoms with E-state index in [0.717, 1.165) is 11.4 Å². The lowest BCUT2D eigenvalue weighted by molar-refractivity contribution is 0.516. The Hall–Kier alpha value is -0.530. The van der Waals surface area contributed by atoms with Gasteiger partial charge in [-0.05, 0) is 44.0 Å². The molecule has 0 heterocycles. The lowest BCUT2D eigenvalue weighted by Gasteiger charge is -2.16. The molecule has 2 atom stereocenters. The predicted octanol–water partition coefficient (Wildman–Crippen LogP) is 3.44. The Balaban J connectivity index is 2.60. The van der Waals surface area contributed by atoms with Crippen LogP contribution in [-0.2, 0) is 0 Å². The fraction of sp³-hybridized carbons (Fsp3) is 0.500. The number of hydrogen-bond donors (Lipinski definition) is 1. The van der Waals surface area contributed by atoms with Crippen molar-refractivity contribution < 1.29 is 0 Å². The van der Waals surface area contributed by atoms with Crippen LogP contribution in [0.25, 0.3) is 0 Å². The minimum Gasteiger partial charge on any atom is -0.317 e. The van der Waals surface area contributed by atoms with Crippen molar-refractivity contribution in [1.82, 2.24) is 5.32 Å². The summed E-state index contributed by atoms with van der Waals surface area (Å²) in [4.78, 5) is 0. The Bertz CT molecular complexity index is 268. The first-order valence-corrected chi connectivity index (χ1v) is 5.44. The summed E-state index contributed by atoms with van der Waals surface area (Å²) in [6, 6.07) is 8.68. The highest BCUT2D eigenvalue weighted by Gasteiger charge is 2.08. The maximum atomic E-state index is 5.84. The summed E-state index contributed by atoms with van der Waals surface area (Å²) in [6.45, 7) is 4.45. The van der Waals surface area contributed by atoms with E-state index in [9.17, 15) is 0 Å². The Morgan fingerprint density at radius 3 is 2.29 bits per heavy atom. The summed E-state index contributed by atoms with van der Waals surface area (Å²) < 4.78 is 0. The SMILES string of the molecule is CNC(C)CC(C)c1ccc(Cl)cc1. The average Bonchev–Trinajstić information content (AvgIpc) is 2.18. The molecule has 78 valence electrons. The summed E-state index contributed by atoms with van der Waals surface area (Å²) in [7, 11) is 2.00. The molecule has 0 amide bonds. The van der Waals surface area contributed by atoms with Gasteiger partial charge in [0, 0.05) is 11.1 Å². The van der Waals surface area contributed by atoms with Crippen molar-refractivity contribution in [2.45, 2.75) is 32.2 Å². The van der Waals surface area contributed by atoms with Crippen LogP contribution in [0.1, 0.15) is 31.7 Å². The molecule has 1 nitrogen and oxygen atoms in total. The smallest absolute Gasteiger partial charge is 0.0406 e. The molecule has 1 aromatic carbocycles. The predicted molar refractivity (Wildman–Crippen MR) is 63.0 cm³/mol. The molecule has 14 heavy (non-hydrogen) atoms. The van der Waals surface area contributed by atoms with Gasteiger partial charge in [-0.2, -0.15) is 0 Å². The van der Waals surface area contributed by atoms with Gasteiger partial charge in [-0.1, -0.05) is 30.7 Å². The van der Waals surface area contributed by atoms with Crippen LogP contribution in [0.2, 0.25) is 5.02 Å². The number of halogens is 1. The molecule has 0 saturated heterocycles. The van der Waals surface area contributed by atoms with Crippen LogP contribution in [-0.4, -0.2) is 13.1 Å². The molecular formula is C12H18ClN. The van der Waals surface area contributed by atoms with Crippen LogP contribution < -0.4 is 5.32 Å². The molecule has 0 fully saturated rings. The van der Waals surface area contributed by atoms with Crippen molar-refractivity contribution in [3.8, 4) is 0 Å². The van der Waals surface area contributed by atoms with Crippen LogP contribution in [0.3, 0.4) is 0 Å². The van der Waals surface area contributed by atoms with Crippen molar-refractivity contribution in [3.63, 3.8) is 0 Å². The van der Waals surface area contributed by atoms with E-state index >= 15 is 0 Å². The van der Waals surface area contributed by atoms with Crippen LogP contribution in [0.5, 0.6) is 0 Å². The summed E-state index contributed by atoms with van der Waals surface area (Å²) in [6.07, 6.45) is 1.15. The second-order valence-corrected chi connectivity index (χ2v) is 4.31. The third-order valence-corrected chi connectivity index (χ3v) is 2.89. The summed E-state index contributed by atoms with van der Waals surface area (Å²) in [5, 5.41) is 4.06. The third-order valence-electron chi connectivity index (χ3n) is 2.64. The Kier molecular flexibility index (Phi) is 4.43. The van der Waals surface area contributed by atoms with Crippen molar-refractivity contribution in [2.24, 2.45) is 0 Å². The van der Waals surface area contributed by atoms with Gasteiger partial charge in [0.05, 0.1) is 0 Å². The van der Waals surface area contributed by atoms with Gasteiger partial charge in [-0.3, -0.25) is 0 Å². The quantitative estimate of drug-likeness (QED) is 0.805. The maximum Gasteiger partial charge on any atom is 0.0406 e. The highest BCUT2D eigenvalue weighted by Crippen LogP contribution is 2.22. The van der Waals surface area contributed by atoms with E-state index in [1.54, 1.807) is 0 Å². The molecule has 0 aromatic heterocycles. The first kappa shape index (κ1) is 11.5. The van der Waals surface area contributed by atoms with Gasteiger partial charge >= 0.3 is 0 Å². The van der Waals surface area contributed by atoms with Crippen molar-refractivity contribution in [1.29, 1.82) is 0 Å². The molecule has 0 spiro atoms. The van der Waals surface area contributed by atoms with Crippen molar-refractivity contribution in [2.75, 3.05) is 7.05 Å². The number of hydrogen-bond acceptors (Lipinski definition) is 1. The molecule has 0 radical (unpaired) electrons. The molecule has 1 N–H and O–H groups in total. The highest BCUT2D eigenvalue weighted by molar-refractivity contribution is 6.30. The normalized spacial score (nSPS) is 15.1. The zero-order valence-electron chi connectivity index (χ0n) is 9.05. The molecule has 0 saturated carbocycles. The second kappa shape index (κ2) is 5.38. The second-order valence-electron chi connectivity index (χ2n) is 3.88.